The third-order valence-electron chi connectivity index (χ3n) is 1.98. The molecule has 0 spiro atoms. The van der Waals surface area contributed by atoms with Crippen LogP contribution in [0.1, 0.15) is 0 Å². The van der Waals surface area contributed by atoms with E-state index in [4.69, 9.17) is 6.42 Å². The Morgan fingerprint density at radius 3 is 2.27 bits per heavy atom. The fourth-order valence-electron chi connectivity index (χ4n) is 1.19. The highest BCUT2D eigenvalue weighted by Gasteiger charge is 2.06. The number of terminal acetylenes is 1. The molecular formula is C13H10N2. The Morgan fingerprint density at radius 2 is 1.87 bits per heavy atom. The predicted octanol–water partition coefficient (Wildman–Crippen LogP) is 2.75. The molecule has 1 N–H and O–H groups in total. The number of hydrogen-bond donors (Lipinski definition) is 1. The molecule has 2 nitrogen and oxygen atoms in total. The molecule has 1 aromatic heterocycles. The standard InChI is InChI=1S/C7H6N2.C6H4/c1-2-8-7-5-3-4-6-9-7;1-2-5-4-6(5)3-1/h1,3-6H,(H,8,9);1-4H. The van der Waals surface area contributed by atoms with Crippen molar-refractivity contribution in [1.82, 2.24) is 4.98 Å². The molecule has 2 heteroatoms. The van der Waals surface area contributed by atoms with E-state index in [9.17, 15) is 0 Å². The number of nitrogens with one attached hydrogen (secondary N) is 1. The Kier molecular flexibility index (Phi) is 2.66. The molecule has 3 rings (SSSR count). The van der Waals surface area contributed by atoms with Gasteiger partial charge in [-0.3, -0.25) is 5.32 Å². The van der Waals surface area contributed by atoms with E-state index >= 15 is 0 Å². The van der Waals surface area contributed by atoms with Gasteiger partial charge in [-0.25, -0.2) is 4.98 Å². The molecule has 0 atom stereocenters. The first-order valence-electron chi connectivity index (χ1n) is 4.63. The molecule has 0 amide bonds. The van der Waals surface area contributed by atoms with Crippen LogP contribution >= 0.6 is 0 Å². The van der Waals surface area contributed by atoms with Gasteiger partial charge in [-0.05, 0) is 29.3 Å². The summed E-state index contributed by atoms with van der Waals surface area (Å²) in [4.78, 5) is 3.91. The lowest BCUT2D eigenvalue weighted by molar-refractivity contribution is 1.32. The van der Waals surface area contributed by atoms with Crippen LogP contribution in [0.3, 0.4) is 0 Å². The zero-order valence-corrected chi connectivity index (χ0v) is 8.14. The van der Waals surface area contributed by atoms with E-state index in [2.05, 4.69) is 40.6 Å². The molecule has 0 fully saturated rings. The van der Waals surface area contributed by atoms with Crippen LogP contribution in [0.5, 0.6) is 0 Å². The molecule has 0 aromatic carbocycles. The lowest BCUT2D eigenvalue weighted by Crippen LogP contribution is -1.88. The van der Waals surface area contributed by atoms with Gasteiger partial charge in [0, 0.05) is 12.2 Å². The topological polar surface area (TPSA) is 24.9 Å². The van der Waals surface area contributed by atoms with Gasteiger partial charge in [0.2, 0.25) is 0 Å². The second kappa shape index (κ2) is 4.30. The number of nitrogens with zero attached hydrogens (tertiary/aromatic N) is 1. The molecule has 72 valence electrons. The van der Waals surface area contributed by atoms with Gasteiger partial charge in [-0.15, -0.1) is 0 Å². The Balaban J connectivity index is 0.000000121. The number of hydrogen-bond acceptors (Lipinski definition) is 2. The fraction of sp³-hybridized carbons (Fsp3) is 0. The van der Waals surface area contributed by atoms with E-state index in [-0.39, 0.29) is 0 Å². The van der Waals surface area contributed by atoms with E-state index in [0.717, 1.165) is 0 Å². The van der Waals surface area contributed by atoms with Gasteiger partial charge in [-0.2, -0.15) is 0 Å². The third kappa shape index (κ3) is 2.58. The van der Waals surface area contributed by atoms with E-state index in [1.807, 2.05) is 12.1 Å². The summed E-state index contributed by atoms with van der Waals surface area (Å²) in [5.74, 6) is 0.708. The quantitative estimate of drug-likeness (QED) is 0.476. The van der Waals surface area contributed by atoms with Gasteiger partial charge in [0.05, 0.1) is 0 Å². The average Bonchev–Trinajstić information content (AvgIpc) is 2.89. The highest BCUT2D eigenvalue weighted by molar-refractivity contribution is 5.80. The first kappa shape index (κ1) is 9.29. The SMILES string of the molecule is C#CNc1ccccn1.c1cc2cc-2c1. The lowest BCUT2D eigenvalue weighted by atomic mass is 10.5. The molecule has 15 heavy (non-hydrogen) atoms. The normalized spacial score (nSPS) is 9.27. The molecule has 1 aromatic rings. The van der Waals surface area contributed by atoms with Crippen LogP contribution in [0.4, 0.5) is 5.82 Å². The second-order valence-corrected chi connectivity index (χ2v) is 3.07. The number of benzene rings is 1. The van der Waals surface area contributed by atoms with Crippen LogP contribution < -0.4 is 5.32 Å². The van der Waals surface area contributed by atoms with Crippen molar-refractivity contribution in [2.75, 3.05) is 5.32 Å². The van der Waals surface area contributed by atoms with E-state index in [1.165, 1.54) is 11.1 Å². The Labute approximate surface area is 89.0 Å². The fourth-order valence-corrected chi connectivity index (χ4v) is 1.19. The molecule has 2 aliphatic rings. The molecule has 0 bridgehead atoms. The van der Waals surface area contributed by atoms with Crippen molar-refractivity contribution in [2.45, 2.75) is 0 Å². The smallest absolute Gasteiger partial charge is 0.137 e. The van der Waals surface area contributed by atoms with Gasteiger partial charge in [0.25, 0.3) is 0 Å². The molecule has 0 saturated carbocycles. The maximum Gasteiger partial charge on any atom is 0.137 e. The van der Waals surface area contributed by atoms with Crippen molar-refractivity contribution in [2.24, 2.45) is 0 Å². The molecule has 1 heterocycles. The number of anilines is 1. The monoisotopic (exact) mass is 194 g/mol. The second-order valence-electron chi connectivity index (χ2n) is 3.07. The van der Waals surface area contributed by atoms with Crippen molar-refractivity contribution in [1.29, 1.82) is 0 Å². The van der Waals surface area contributed by atoms with E-state index < -0.39 is 0 Å². The molecule has 0 radical (unpaired) electrons. The van der Waals surface area contributed by atoms with Crippen molar-refractivity contribution >= 4 is 5.82 Å². The van der Waals surface area contributed by atoms with Crippen LogP contribution in [0.2, 0.25) is 0 Å². The summed E-state index contributed by atoms with van der Waals surface area (Å²) in [5, 5.41) is 2.62. The van der Waals surface area contributed by atoms with Gasteiger partial charge in [0.15, 0.2) is 0 Å². The minimum atomic E-state index is 0.708. The van der Waals surface area contributed by atoms with Crippen molar-refractivity contribution in [3.8, 4) is 23.6 Å². The molecular weight excluding hydrogens is 184 g/mol. The maximum absolute atomic E-state index is 4.96. The van der Waals surface area contributed by atoms with Crippen LogP contribution in [0, 0.1) is 12.5 Å². The third-order valence-corrected chi connectivity index (χ3v) is 1.98. The van der Waals surface area contributed by atoms with Gasteiger partial charge in [0.1, 0.15) is 5.82 Å². The van der Waals surface area contributed by atoms with Crippen LogP contribution in [-0.2, 0) is 0 Å². The number of aromatic nitrogens is 1. The molecule has 0 aliphatic heterocycles. The highest BCUT2D eigenvalue weighted by Crippen LogP contribution is 2.32. The zero-order valence-electron chi connectivity index (χ0n) is 8.14. The highest BCUT2D eigenvalue weighted by atomic mass is 14.9. The Hall–Kier alpha value is -2.27. The Bertz CT molecular complexity index is 466. The van der Waals surface area contributed by atoms with Crippen molar-refractivity contribution in [3.05, 3.63) is 48.7 Å². The van der Waals surface area contributed by atoms with Gasteiger partial charge in [-0.1, -0.05) is 30.7 Å². The summed E-state index contributed by atoms with van der Waals surface area (Å²) < 4.78 is 0. The minimum absolute atomic E-state index is 0.708. The number of fused-ring (bicyclic) bond motifs is 1. The van der Waals surface area contributed by atoms with Gasteiger partial charge < -0.3 is 0 Å². The Morgan fingerprint density at radius 1 is 1.07 bits per heavy atom. The number of rotatable bonds is 1. The largest absolute Gasteiger partial charge is 0.300 e. The molecule has 0 unspecified atom stereocenters. The summed E-state index contributed by atoms with van der Waals surface area (Å²) in [7, 11) is 0. The first-order valence-corrected chi connectivity index (χ1v) is 4.63. The summed E-state index contributed by atoms with van der Waals surface area (Å²) >= 11 is 0. The summed E-state index contributed by atoms with van der Waals surface area (Å²) in [6, 6.07) is 16.3. The summed E-state index contributed by atoms with van der Waals surface area (Å²) in [6.07, 6.45) is 6.64. The van der Waals surface area contributed by atoms with Crippen molar-refractivity contribution in [3.63, 3.8) is 0 Å². The van der Waals surface area contributed by atoms with Crippen LogP contribution in [-0.4, -0.2) is 4.98 Å². The maximum atomic E-state index is 4.96. The van der Waals surface area contributed by atoms with E-state index in [0.29, 0.717) is 5.82 Å². The van der Waals surface area contributed by atoms with Crippen LogP contribution in [0.25, 0.3) is 11.1 Å². The predicted molar refractivity (Wildman–Crippen MR) is 62.1 cm³/mol. The first-order chi connectivity index (χ1) is 7.40. The minimum Gasteiger partial charge on any atom is -0.300 e. The van der Waals surface area contributed by atoms with Gasteiger partial charge >= 0.3 is 0 Å². The number of pyridine rings is 1. The summed E-state index contributed by atoms with van der Waals surface area (Å²) in [5.41, 5.74) is 2.85. The molecule has 0 saturated heterocycles. The molecule has 2 aliphatic carbocycles. The van der Waals surface area contributed by atoms with E-state index in [1.54, 1.807) is 12.3 Å². The zero-order chi connectivity index (χ0) is 10.5. The average molecular weight is 194 g/mol. The van der Waals surface area contributed by atoms with Crippen LogP contribution in [0.15, 0.2) is 48.7 Å². The lowest BCUT2D eigenvalue weighted by Gasteiger charge is -1.91. The van der Waals surface area contributed by atoms with Crippen molar-refractivity contribution < 1.29 is 0 Å². The summed E-state index contributed by atoms with van der Waals surface area (Å²) in [6.45, 7) is 0.